The molecule has 1 amide bonds. The summed E-state index contributed by atoms with van der Waals surface area (Å²) in [7, 11) is 1.59. The van der Waals surface area contributed by atoms with Gasteiger partial charge >= 0.3 is 6.09 Å². The number of nitrogens with one attached hydrogen (secondary N) is 2. The van der Waals surface area contributed by atoms with Crippen LogP contribution in [0, 0.1) is 0 Å². The van der Waals surface area contributed by atoms with Crippen LogP contribution in [0.4, 0.5) is 4.79 Å². The maximum Gasteiger partial charge on any atom is 0.408 e. The van der Waals surface area contributed by atoms with Crippen molar-refractivity contribution in [1.82, 2.24) is 15.6 Å². The van der Waals surface area contributed by atoms with E-state index in [0.29, 0.717) is 19.0 Å². The van der Waals surface area contributed by atoms with Crippen LogP contribution in [-0.4, -0.2) is 35.9 Å². The third kappa shape index (κ3) is 7.26. The number of carbonyl (C=O) groups is 1. The number of hydrogen-bond donors (Lipinski definition) is 2. The van der Waals surface area contributed by atoms with Gasteiger partial charge in [-0.15, -0.1) is 0 Å². The van der Waals surface area contributed by atoms with Crippen molar-refractivity contribution in [1.29, 1.82) is 0 Å². The molecule has 22 heavy (non-hydrogen) atoms. The second kappa shape index (κ2) is 7.45. The van der Waals surface area contributed by atoms with Crippen molar-refractivity contribution in [3.8, 4) is 5.88 Å². The Labute approximate surface area is 132 Å². The number of pyridine rings is 1. The van der Waals surface area contributed by atoms with E-state index in [1.54, 1.807) is 13.3 Å². The normalized spacial score (nSPS) is 11.9. The zero-order valence-corrected chi connectivity index (χ0v) is 14.3. The van der Waals surface area contributed by atoms with Gasteiger partial charge in [-0.2, -0.15) is 0 Å². The van der Waals surface area contributed by atoms with E-state index in [2.05, 4.69) is 15.6 Å². The average molecular weight is 309 g/mol. The highest BCUT2D eigenvalue weighted by atomic mass is 16.6. The van der Waals surface area contributed by atoms with E-state index in [4.69, 9.17) is 9.47 Å². The summed E-state index contributed by atoms with van der Waals surface area (Å²) in [6.45, 7) is 10.7. The quantitative estimate of drug-likeness (QED) is 0.844. The van der Waals surface area contributed by atoms with Crippen molar-refractivity contribution in [2.45, 2.75) is 52.3 Å². The number of rotatable bonds is 6. The molecule has 0 bridgehead atoms. The molecule has 1 heterocycles. The molecule has 0 spiro atoms. The highest BCUT2D eigenvalue weighted by Gasteiger charge is 2.24. The maximum absolute atomic E-state index is 11.8. The van der Waals surface area contributed by atoms with Gasteiger partial charge in [0, 0.05) is 25.4 Å². The van der Waals surface area contributed by atoms with E-state index in [1.165, 1.54) is 0 Å². The minimum absolute atomic E-state index is 0.412. The lowest BCUT2D eigenvalue weighted by molar-refractivity contribution is 0.0472. The third-order valence-electron chi connectivity index (χ3n) is 2.74. The number of ether oxygens (including phenoxy) is 2. The van der Waals surface area contributed by atoms with Crippen LogP contribution >= 0.6 is 0 Å². The molecule has 1 aromatic heterocycles. The van der Waals surface area contributed by atoms with Crippen molar-refractivity contribution < 1.29 is 14.3 Å². The second-order valence-corrected chi connectivity index (χ2v) is 6.82. The van der Waals surface area contributed by atoms with Gasteiger partial charge in [0.25, 0.3) is 0 Å². The van der Waals surface area contributed by atoms with Crippen LogP contribution in [-0.2, 0) is 11.3 Å². The van der Waals surface area contributed by atoms with Gasteiger partial charge in [-0.3, -0.25) is 0 Å². The summed E-state index contributed by atoms with van der Waals surface area (Å²) in [5.41, 5.74) is 0.138. The van der Waals surface area contributed by atoms with Crippen LogP contribution in [0.5, 0.6) is 5.88 Å². The molecule has 0 saturated heterocycles. The monoisotopic (exact) mass is 309 g/mol. The SMILES string of the molecule is COc1ccc(CNCC(C)(C)NC(=O)OC(C)(C)C)cn1. The highest BCUT2D eigenvalue weighted by molar-refractivity contribution is 5.68. The molecule has 124 valence electrons. The van der Waals surface area contributed by atoms with E-state index in [9.17, 15) is 4.79 Å². The van der Waals surface area contributed by atoms with Crippen LogP contribution in [0.1, 0.15) is 40.2 Å². The van der Waals surface area contributed by atoms with E-state index in [1.807, 2.05) is 46.8 Å². The molecule has 0 aliphatic rings. The first-order valence-electron chi connectivity index (χ1n) is 7.32. The van der Waals surface area contributed by atoms with Crippen LogP contribution < -0.4 is 15.4 Å². The Morgan fingerprint density at radius 1 is 1.23 bits per heavy atom. The average Bonchev–Trinajstić information content (AvgIpc) is 2.36. The number of nitrogens with zero attached hydrogens (tertiary/aromatic N) is 1. The standard InChI is InChI=1S/C16H27N3O3/c1-15(2,3)22-14(20)19-16(4,5)11-17-9-12-7-8-13(21-6)18-10-12/h7-8,10,17H,9,11H2,1-6H3,(H,19,20). The summed E-state index contributed by atoms with van der Waals surface area (Å²) in [5, 5.41) is 6.15. The number of alkyl carbamates (subject to hydrolysis) is 1. The summed E-state index contributed by atoms with van der Waals surface area (Å²) in [6, 6.07) is 3.77. The third-order valence-corrected chi connectivity index (χ3v) is 2.74. The van der Waals surface area contributed by atoms with Gasteiger partial charge in [0.2, 0.25) is 5.88 Å². The number of hydrogen-bond acceptors (Lipinski definition) is 5. The first-order chi connectivity index (χ1) is 10.1. The van der Waals surface area contributed by atoms with Crippen molar-refractivity contribution in [2.24, 2.45) is 0 Å². The molecular formula is C16H27N3O3. The predicted molar refractivity (Wildman–Crippen MR) is 85.9 cm³/mol. The summed E-state index contributed by atoms with van der Waals surface area (Å²) >= 11 is 0. The van der Waals surface area contributed by atoms with E-state index >= 15 is 0 Å². The van der Waals surface area contributed by atoms with Crippen LogP contribution in [0.15, 0.2) is 18.3 Å². The Kier molecular flexibility index (Phi) is 6.17. The molecule has 1 rings (SSSR count). The molecule has 0 radical (unpaired) electrons. The molecule has 0 unspecified atom stereocenters. The Bertz CT molecular complexity index is 478. The minimum atomic E-state index is -0.498. The molecule has 6 nitrogen and oxygen atoms in total. The first kappa shape index (κ1) is 18.2. The zero-order chi connectivity index (χ0) is 16.8. The maximum atomic E-state index is 11.8. The number of methoxy groups -OCH3 is 1. The number of carbonyl (C=O) groups excluding carboxylic acids is 1. The number of amides is 1. The fourth-order valence-electron chi connectivity index (χ4n) is 1.78. The smallest absolute Gasteiger partial charge is 0.408 e. The summed E-state index contributed by atoms with van der Waals surface area (Å²) in [5.74, 6) is 0.593. The van der Waals surface area contributed by atoms with Crippen molar-refractivity contribution >= 4 is 6.09 Å². The predicted octanol–water partition coefficient (Wildman–Crippen LogP) is 2.48. The van der Waals surface area contributed by atoms with Gasteiger partial charge in [0.05, 0.1) is 12.6 Å². The molecular weight excluding hydrogens is 282 g/mol. The van der Waals surface area contributed by atoms with Gasteiger partial charge in [0.15, 0.2) is 0 Å². The van der Waals surface area contributed by atoms with E-state index in [-0.39, 0.29) is 0 Å². The lowest BCUT2D eigenvalue weighted by Gasteiger charge is -2.29. The highest BCUT2D eigenvalue weighted by Crippen LogP contribution is 2.10. The fraction of sp³-hybridized carbons (Fsp3) is 0.625. The molecule has 0 atom stereocenters. The van der Waals surface area contributed by atoms with Gasteiger partial charge in [-0.1, -0.05) is 6.07 Å². The molecule has 0 fully saturated rings. The van der Waals surface area contributed by atoms with Gasteiger partial charge in [-0.05, 0) is 40.2 Å². The van der Waals surface area contributed by atoms with Gasteiger partial charge in [-0.25, -0.2) is 9.78 Å². The lowest BCUT2D eigenvalue weighted by atomic mass is 10.1. The Morgan fingerprint density at radius 3 is 2.41 bits per heavy atom. The Hall–Kier alpha value is -1.82. The zero-order valence-electron chi connectivity index (χ0n) is 14.3. The largest absolute Gasteiger partial charge is 0.481 e. The Balaban J connectivity index is 2.39. The van der Waals surface area contributed by atoms with Crippen LogP contribution in [0.25, 0.3) is 0 Å². The van der Waals surface area contributed by atoms with Crippen molar-refractivity contribution in [3.63, 3.8) is 0 Å². The van der Waals surface area contributed by atoms with Gasteiger partial charge < -0.3 is 20.1 Å². The fourth-order valence-corrected chi connectivity index (χ4v) is 1.78. The van der Waals surface area contributed by atoms with Gasteiger partial charge in [0.1, 0.15) is 5.60 Å². The molecule has 6 heteroatoms. The number of aromatic nitrogens is 1. The van der Waals surface area contributed by atoms with Crippen LogP contribution in [0.2, 0.25) is 0 Å². The molecule has 0 aromatic carbocycles. The van der Waals surface area contributed by atoms with E-state index < -0.39 is 17.2 Å². The topological polar surface area (TPSA) is 72.5 Å². The van der Waals surface area contributed by atoms with Crippen LogP contribution in [0.3, 0.4) is 0 Å². The summed E-state index contributed by atoms with van der Waals surface area (Å²) < 4.78 is 10.3. The summed E-state index contributed by atoms with van der Waals surface area (Å²) in [6.07, 6.45) is 1.35. The molecule has 0 saturated carbocycles. The molecule has 2 N–H and O–H groups in total. The van der Waals surface area contributed by atoms with Crippen molar-refractivity contribution in [2.75, 3.05) is 13.7 Å². The minimum Gasteiger partial charge on any atom is -0.481 e. The molecule has 1 aromatic rings. The molecule has 0 aliphatic carbocycles. The van der Waals surface area contributed by atoms with Crippen molar-refractivity contribution in [3.05, 3.63) is 23.9 Å². The van der Waals surface area contributed by atoms with E-state index in [0.717, 1.165) is 5.56 Å². The second-order valence-electron chi connectivity index (χ2n) is 6.82. The first-order valence-corrected chi connectivity index (χ1v) is 7.32. The lowest BCUT2D eigenvalue weighted by Crippen LogP contribution is -2.51. The summed E-state index contributed by atoms with van der Waals surface area (Å²) in [4.78, 5) is 15.9. The Morgan fingerprint density at radius 2 is 1.91 bits per heavy atom. The molecule has 0 aliphatic heterocycles.